The van der Waals surface area contributed by atoms with Crippen LogP contribution in [0.1, 0.15) is 22.3 Å². The third-order valence-electron chi connectivity index (χ3n) is 6.08. The molecule has 3 aromatic carbocycles. The molecule has 0 saturated carbocycles. The van der Waals surface area contributed by atoms with Crippen LogP contribution < -0.4 is 15.4 Å². The van der Waals surface area contributed by atoms with Crippen molar-refractivity contribution in [2.24, 2.45) is 0 Å². The van der Waals surface area contributed by atoms with Gasteiger partial charge in [-0.1, -0.05) is 12.1 Å². The van der Waals surface area contributed by atoms with Crippen molar-refractivity contribution in [1.29, 1.82) is 0 Å². The summed E-state index contributed by atoms with van der Waals surface area (Å²) < 4.78 is 49.9. The van der Waals surface area contributed by atoms with Gasteiger partial charge in [0.25, 0.3) is 0 Å². The number of carboxylic acid groups (broad SMARTS) is 1. The minimum Gasteiger partial charge on any atom is -0.491 e. The number of likely N-dealkylation sites (tertiary alicyclic amines) is 1. The molecule has 0 radical (unpaired) electrons. The number of halogens is 4. The number of aromatic carboxylic acids is 1. The van der Waals surface area contributed by atoms with Crippen LogP contribution in [0.3, 0.4) is 0 Å². The van der Waals surface area contributed by atoms with Gasteiger partial charge in [-0.3, -0.25) is 4.79 Å². The predicted octanol–water partition coefficient (Wildman–Crippen LogP) is 5.63. The zero-order valence-electron chi connectivity index (χ0n) is 20.3. The van der Waals surface area contributed by atoms with Gasteiger partial charge in [-0.2, -0.15) is 0 Å². The molecule has 1 heterocycles. The number of alkyl halides is 1. The number of carboxylic acids is 1. The van der Waals surface area contributed by atoms with E-state index in [1.54, 1.807) is 24.3 Å². The Labute approximate surface area is 229 Å². The Morgan fingerprint density at radius 2 is 1.69 bits per heavy atom. The summed E-state index contributed by atoms with van der Waals surface area (Å²) in [4.78, 5) is 37.4. The lowest BCUT2D eigenvalue weighted by atomic mass is 10.1. The number of urea groups is 1. The van der Waals surface area contributed by atoms with Gasteiger partial charge in [0.05, 0.1) is 35.9 Å². The summed E-state index contributed by atoms with van der Waals surface area (Å²) >= 11 is 3.27. The van der Waals surface area contributed by atoms with Gasteiger partial charge in [-0.25, -0.2) is 22.8 Å². The minimum atomic E-state index is -1.31. The first-order chi connectivity index (χ1) is 18.6. The first-order valence-corrected chi connectivity index (χ1v) is 12.6. The Morgan fingerprint density at radius 3 is 2.38 bits per heavy atom. The fourth-order valence-corrected chi connectivity index (χ4v) is 4.52. The van der Waals surface area contributed by atoms with E-state index in [9.17, 15) is 27.6 Å². The van der Waals surface area contributed by atoms with E-state index in [1.807, 2.05) is 0 Å². The first kappa shape index (κ1) is 28.0. The topological polar surface area (TPSA) is 108 Å². The van der Waals surface area contributed by atoms with E-state index in [0.717, 1.165) is 12.1 Å². The number of carbonyl (C=O) groups excluding carboxylic acids is 2. The molecular formula is C27H23BrF3N3O5. The zero-order valence-corrected chi connectivity index (χ0v) is 21.9. The molecule has 1 aliphatic rings. The van der Waals surface area contributed by atoms with Gasteiger partial charge >= 0.3 is 12.0 Å². The number of nitrogens with zero attached hydrogens (tertiary/aromatic N) is 1. The maximum Gasteiger partial charge on any atom is 0.335 e. The summed E-state index contributed by atoms with van der Waals surface area (Å²) in [5.74, 6) is -3.23. The van der Waals surface area contributed by atoms with Crippen LogP contribution in [0.5, 0.6) is 5.75 Å². The van der Waals surface area contributed by atoms with Crippen molar-refractivity contribution in [1.82, 2.24) is 4.90 Å². The highest BCUT2D eigenvalue weighted by Gasteiger charge is 2.36. The van der Waals surface area contributed by atoms with Gasteiger partial charge in [0.1, 0.15) is 30.2 Å². The van der Waals surface area contributed by atoms with Crippen LogP contribution in [0.2, 0.25) is 0 Å². The van der Waals surface area contributed by atoms with Gasteiger partial charge in [0, 0.05) is 22.5 Å². The molecule has 0 aromatic heterocycles. The maximum absolute atomic E-state index is 14.8. The van der Waals surface area contributed by atoms with Crippen molar-refractivity contribution in [2.75, 3.05) is 23.8 Å². The number of benzene rings is 3. The first-order valence-electron chi connectivity index (χ1n) is 11.8. The third-order valence-corrected chi connectivity index (χ3v) is 6.77. The van der Waals surface area contributed by atoms with Crippen molar-refractivity contribution >= 4 is 45.2 Å². The van der Waals surface area contributed by atoms with Crippen LogP contribution in [-0.4, -0.2) is 53.3 Å². The largest absolute Gasteiger partial charge is 0.491 e. The van der Waals surface area contributed by atoms with Crippen LogP contribution >= 0.6 is 15.9 Å². The monoisotopic (exact) mass is 605 g/mol. The van der Waals surface area contributed by atoms with Crippen LogP contribution in [0.15, 0.2) is 65.1 Å². The number of nitrogens with one attached hydrogen (secondary N) is 2. The molecular weight excluding hydrogens is 583 g/mol. The standard InChI is InChI=1S/C27H23BrF3N3O5/c28-20-3-1-2-4-23(20)32-27(38)33-24-12-21(30)16(9-22(24)31)10-25(35)34-13-17(29)11-18(34)14-39-19-7-5-15(6-8-19)26(36)37/h1-9,12,17-18H,10-11,13-14H2,(H,36,37)(H2,32,33,38)/t17-,18-/m0/s1. The quantitative estimate of drug-likeness (QED) is 0.308. The predicted molar refractivity (Wildman–Crippen MR) is 141 cm³/mol. The van der Waals surface area contributed by atoms with Crippen LogP contribution in [0.4, 0.5) is 29.3 Å². The summed E-state index contributed by atoms with van der Waals surface area (Å²) in [7, 11) is 0. The lowest BCUT2D eigenvalue weighted by Gasteiger charge is -2.24. The average Bonchev–Trinajstić information content (AvgIpc) is 3.28. The number of carbonyl (C=O) groups is 3. The second-order valence-electron chi connectivity index (χ2n) is 8.83. The number of ether oxygens (including phenoxy) is 1. The van der Waals surface area contributed by atoms with Gasteiger partial charge in [0.15, 0.2) is 0 Å². The second-order valence-corrected chi connectivity index (χ2v) is 9.69. The number of para-hydroxylation sites is 1. The number of anilines is 2. The minimum absolute atomic E-state index is 0.00525. The molecule has 0 spiro atoms. The van der Waals surface area contributed by atoms with Gasteiger partial charge < -0.3 is 25.4 Å². The van der Waals surface area contributed by atoms with E-state index >= 15 is 0 Å². The van der Waals surface area contributed by atoms with Gasteiger partial charge in [-0.05, 0) is 58.4 Å². The summed E-state index contributed by atoms with van der Waals surface area (Å²) in [5, 5.41) is 13.7. The second kappa shape index (κ2) is 12.2. The van der Waals surface area contributed by atoms with Gasteiger partial charge in [0.2, 0.25) is 5.91 Å². The molecule has 2 atom stereocenters. The molecule has 1 aliphatic heterocycles. The van der Waals surface area contributed by atoms with Crippen LogP contribution in [-0.2, 0) is 11.2 Å². The molecule has 4 rings (SSSR count). The highest BCUT2D eigenvalue weighted by atomic mass is 79.9. The van der Waals surface area contributed by atoms with E-state index < -0.39 is 53.9 Å². The molecule has 12 heteroatoms. The van der Waals surface area contributed by atoms with Crippen molar-refractivity contribution in [3.05, 3.63) is 87.9 Å². The van der Waals surface area contributed by atoms with Gasteiger partial charge in [-0.15, -0.1) is 0 Å². The molecule has 39 heavy (non-hydrogen) atoms. The molecule has 3 aromatic rings. The van der Waals surface area contributed by atoms with Crippen LogP contribution in [0.25, 0.3) is 0 Å². The Bertz CT molecular complexity index is 1390. The summed E-state index contributed by atoms with van der Waals surface area (Å²) in [6, 6.07) is 12.5. The van der Waals surface area contributed by atoms with E-state index in [0.29, 0.717) is 15.9 Å². The number of amides is 3. The smallest absolute Gasteiger partial charge is 0.335 e. The van der Waals surface area contributed by atoms with Crippen molar-refractivity contribution in [2.45, 2.75) is 25.1 Å². The summed E-state index contributed by atoms with van der Waals surface area (Å²) in [5.41, 5.74) is -0.172. The zero-order chi connectivity index (χ0) is 28.1. The maximum atomic E-state index is 14.8. The summed E-state index contributed by atoms with van der Waals surface area (Å²) in [6.45, 7) is -0.283. The third kappa shape index (κ3) is 7.08. The molecule has 204 valence electrons. The normalized spacial score (nSPS) is 16.6. The van der Waals surface area contributed by atoms with Crippen molar-refractivity contribution in [3.8, 4) is 5.75 Å². The molecule has 0 bridgehead atoms. The van der Waals surface area contributed by atoms with Crippen molar-refractivity contribution in [3.63, 3.8) is 0 Å². The van der Waals surface area contributed by atoms with E-state index in [-0.39, 0.29) is 30.7 Å². The van der Waals surface area contributed by atoms with Crippen LogP contribution in [0, 0.1) is 11.6 Å². The number of rotatable bonds is 8. The molecule has 0 aliphatic carbocycles. The highest BCUT2D eigenvalue weighted by Crippen LogP contribution is 2.26. The lowest BCUT2D eigenvalue weighted by Crippen LogP contribution is -2.40. The fraction of sp³-hybridized carbons (Fsp3) is 0.222. The molecule has 1 saturated heterocycles. The van der Waals surface area contributed by atoms with E-state index in [4.69, 9.17) is 9.84 Å². The molecule has 1 fully saturated rings. The summed E-state index contributed by atoms with van der Waals surface area (Å²) in [6.07, 6.45) is -1.83. The molecule has 8 nitrogen and oxygen atoms in total. The van der Waals surface area contributed by atoms with E-state index in [2.05, 4.69) is 26.6 Å². The SMILES string of the molecule is O=C(Nc1cc(F)c(CC(=O)N2C[C@@H](F)C[C@H]2COc2ccc(C(=O)O)cc2)cc1F)Nc1ccccc1Br. The molecule has 3 N–H and O–H groups in total. The molecule has 3 amide bonds. The average molecular weight is 606 g/mol. The lowest BCUT2D eigenvalue weighted by molar-refractivity contribution is -0.132. The van der Waals surface area contributed by atoms with Crippen molar-refractivity contribution < 1.29 is 37.4 Å². The Morgan fingerprint density at radius 1 is 1.00 bits per heavy atom. The number of hydrogen-bond donors (Lipinski definition) is 3. The fourth-order valence-electron chi connectivity index (χ4n) is 4.13. The molecule has 0 unspecified atom stereocenters. The Kier molecular flexibility index (Phi) is 8.75. The Balaban J connectivity index is 1.38. The van der Waals surface area contributed by atoms with E-state index in [1.165, 1.54) is 29.2 Å². The highest BCUT2D eigenvalue weighted by molar-refractivity contribution is 9.10. The Hall–Kier alpha value is -4.06. The number of hydrogen-bond acceptors (Lipinski definition) is 4.